The summed E-state index contributed by atoms with van der Waals surface area (Å²) in [6.45, 7) is 4.54. The van der Waals surface area contributed by atoms with Crippen LogP contribution in [0.1, 0.15) is 53.5 Å². The van der Waals surface area contributed by atoms with Crippen LogP contribution in [0.4, 0.5) is 11.5 Å². The molecule has 148 valence electrons. The van der Waals surface area contributed by atoms with Crippen LogP contribution in [0.25, 0.3) is 0 Å². The number of carbonyl (C=O) groups is 2. The van der Waals surface area contributed by atoms with Gasteiger partial charge in [-0.25, -0.2) is 4.98 Å². The minimum atomic E-state index is -0.506. The van der Waals surface area contributed by atoms with E-state index in [-0.39, 0.29) is 13.3 Å². The standard InChI is InChI=1S/C20H23N5O2.CH4/c1-12-10-15(21)6-7-16(12)20(27)24-13(2)17-4-3-9-25(17)18-8-5-14(11-23-18)19(22)26;/h5-8,10-11H,3-4,9,21H2,1-2H3,(H2,22,26)(H,24,27);1H4. The highest BCUT2D eigenvalue weighted by atomic mass is 16.2. The topological polar surface area (TPSA) is 114 Å². The highest BCUT2D eigenvalue weighted by Crippen LogP contribution is 2.28. The van der Waals surface area contributed by atoms with Crippen molar-refractivity contribution in [1.82, 2.24) is 10.3 Å². The third-order valence-electron chi connectivity index (χ3n) is 4.66. The molecular formula is C21H27N5O2. The molecule has 0 radical (unpaired) electrons. The van der Waals surface area contributed by atoms with Gasteiger partial charge in [-0.15, -0.1) is 0 Å². The molecule has 1 aliphatic rings. The van der Waals surface area contributed by atoms with Gasteiger partial charge in [0.1, 0.15) is 5.82 Å². The molecule has 0 unspecified atom stereocenters. The van der Waals surface area contributed by atoms with Crippen LogP contribution in [0.15, 0.2) is 47.9 Å². The van der Waals surface area contributed by atoms with Gasteiger partial charge in [-0.05, 0) is 62.6 Å². The molecule has 1 aromatic carbocycles. The number of aryl methyl sites for hydroxylation is 1. The third-order valence-corrected chi connectivity index (χ3v) is 4.66. The number of nitrogens with two attached hydrogens (primary N) is 2. The minimum Gasteiger partial charge on any atom is -0.399 e. The predicted molar refractivity (Wildman–Crippen MR) is 112 cm³/mol. The summed E-state index contributed by atoms with van der Waals surface area (Å²) in [6.07, 6.45) is 3.27. The lowest BCUT2D eigenvalue weighted by Crippen LogP contribution is -2.27. The van der Waals surface area contributed by atoms with Gasteiger partial charge in [0.2, 0.25) is 5.91 Å². The molecule has 2 aromatic rings. The van der Waals surface area contributed by atoms with E-state index in [1.165, 1.54) is 6.20 Å². The first-order valence-corrected chi connectivity index (χ1v) is 8.77. The number of carbonyl (C=O) groups excluding carboxylic acids is 2. The van der Waals surface area contributed by atoms with Crippen molar-refractivity contribution in [3.8, 4) is 0 Å². The molecule has 1 aromatic heterocycles. The number of rotatable bonds is 4. The Hall–Kier alpha value is -3.35. The Bertz CT molecular complexity index is 919. The normalized spacial score (nSPS) is 15.0. The molecule has 0 aliphatic carbocycles. The maximum absolute atomic E-state index is 12.6. The molecule has 28 heavy (non-hydrogen) atoms. The quantitative estimate of drug-likeness (QED) is 0.705. The summed E-state index contributed by atoms with van der Waals surface area (Å²) in [5, 5.41) is 2.98. The number of nitrogen functional groups attached to an aromatic ring is 1. The average Bonchev–Trinajstić information content (AvgIpc) is 3.11. The maximum atomic E-state index is 12.6. The van der Waals surface area contributed by atoms with Crippen molar-refractivity contribution in [2.75, 3.05) is 17.2 Å². The first-order valence-electron chi connectivity index (χ1n) is 8.77. The molecule has 2 heterocycles. The van der Waals surface area contributed by atoms with Crippen LogP contribution in [0.2, 0.25) is 0 Å². The molecule has 7 nitrogen and oxygen atoms in total. The lowest BCUT2D eigenvalue weighted by molar-refractivity contribution is 0.0963. The van der Waals surface area contributed by atoms with Crippen molar-refractivity contribution in [3.05, 3.63) is 64.6 Å². The van der Waals surface area contributed by atoms with Crippen molar-refractivity contribution < 1.29 is 9.59 Å². The van der Waals surface area contributed by atoms with E-state index in [0.29, 0.717) is 16.8 Å². The Morgan fingerprint density at radius 1 is 1.21 bits per heavy atom. The van der Waals surface area contributed by atoms with Gasteiger partial charge in [0.15, 0.2) is 0 Å². The summed E-state index contributed by atoms with van der Waals surface area (Å²) in [6, 6.07) is 8.66. The van der Waals surface area contributed by atoms with Crippen molar-refractivity contribution >= 4 is 23.3 Å². The van der Waals surface area contributed by atoms with E-state index in [2.05, 4.69) is 15.2 Å². The average molecular weight is 381 g/mol. The SMILES string of the molecule is C.CC(NC(=O)c1ccc(N)cc1C)=C1CCCN1c1ccc(C(N)=O)cn1. The highest BCUT2D eigenvalue weighted by Gasteiger charge is 2.23. The van der Waals surface area contributed by atoms with Crippen LogP contribution in [-0.2, 0) is 0 Å². The van der Waals surface area contributed by atoms with E-state index in [9.17, 15) is 9.59 Å². The summed E-state index contributed by atoms with van der Waals surface area (Å²) in [4.78, 5) is 30.2. The number of nitrogens with zero attached hydrogens (tertiary/aromatic N) is 2. The Morgan fingerprint density at radius 3 is 2.57 bits per heavy atom. The van der Waals surface area contributed by atoms with E-state index < -0.39 is 5.91 Å². The third kappa shape index (κ3) is 4.31. The Morgan fingerprint density at radius 2 is 1.96 bits per heavy atom. The first kappa shape index (κ1) is 21.0. The smallest absolute Gasteiger partial charge is 0.255 e. The molecule has 0 saturated carbocycles. The van der Waals surface area contributed by atoms with E-state index >= 15 is 0 Å². The summed E-state index contributed by atoms with van der Waals surface area (Å²) >= 11 is 0. The van der Waals surface area contributed by atoms with Gasteiger partial charge < -0.3 is 21.7 Å². The number of nitrogens with one attached hydrogen (secondary N) is 1. The van der Waals surface area contributed by atoms with Gasteiger partial charge in [0.25, 0.3) is 5.91 Å². The molecule has 1 saturated heterocycles. The van der Waals surface area contributed by atoms with Gasteiger partial charge >= 0.3 is 0 Å². The number of aromatic nitrogens is 1. The van der Waals surface area contributed by atoms with Gasteiger partial charge in [-0.1, -0.05) is 7.43 Å². The summed E-state index contributed by atoms with van der Waals surface area (Å²) in [5.41, 5.74) is 15.2. The van der Waals surface area contributed by atoms with E-state index in [4.69, 9.17) is 11.5 Å². The van der Waals surface area contributed by atoms with E-state index in [1.807, 2.05) is 13.8 Å². The van der Waals surface area contributed by atoms with Crippen LogP contribution in [0.3, 0.4) is 0 Å². The van der Waals surface area contributed by atoms with Gasteiger partial charge in [-0.3, -0.25) is 9.59 Å². The van der Waals surface area contributed by atoms with Gasteiger partial charge in [0, 0.05) is 35.4 Å². The molecule has 0 spiro atoms. The lowest BCUT2D eigenvalue weighted by atomic mass is 10.1. The van der Waals surface area contributed by atoms with E-state index in [1.54, 1.807) is 30.3 Å². The largest absolute Gasteiger partial charge is 0.399 e. The number of anilines is 2. The second-order valence-electron chi connectivity index (χ2n) is 6.62. The number of benzene rings is 1. The number of primary amides is 1. The fourth-order valence-electron chi connectivity index (χ4n) is 3.26. The number of allylic oxidation sites excluding steroid dienone is 2. The van der Waals surface area contributed by atoms with Crippen LogP contribution < -0.4 is 21.7 Å². The number of hydrogen-bond donors (Lipinski definition) is 3. The van der Waals surface area contributed by atoms with Crippen LogP contribution in [0.5, 0.6) is 0 Å². The zero-order chi connectivity index (χ0) is 19.6. The second kappa shape index (κ2) is 8.56. The van der Waals surface area contributed by atoms with Gasteiger partial charge in [0.05, 0.1) is 5.56 Å². The fourth-order valence-corrected chi connectivity index (χ4v) is 3.26. The molecular weight excluding hydrogens is 354 g/mol. The predicted octanol–water partition coefficient (Wildman–Crippen LogP) is 2.97. The summed E-state index contributed by atoms with van der Waals surface area (Å²) in [5.74, 6) is 0.0553. The highest BCUT2D eigenvalue weighted by molar-refractivity contribution is 5.97. The number of amides is 2. The van der Waals surface area contributed by atoms with Crippen molar-refractivity contribution in [2.45, 2.75) is 34.1 Å². The Balaban J connectivity index is 0.00000280. The zero-order valence-electron chi connectivity index (χ0n) is 15.5. The molecule has 5 N–H and O–H groups in total. The number of pyridine rings is 1. The van der Waals surface area contributed by atoms with Crippen LogP contribution in [0, 0.1) is 6.92 Å². The van der Waals surface area contributed by atoms with E-state index in [0.717, 1.165) is 42.2 Å². The number of hydrogen-bond acceptors (Lipinski definition) is 5. The zero-order valence-corrected chi connectivity index (χ0v) is 15.5. The summed E-state index contributed by atoms with van der Waals surface area (Å²) in [7, 11) is 0. The lowest BCUT2D eigenvalue weighted by Gasteiger charge is -2.22. The fraction of sp³-hybridized carbons (Fsp3) is 0.286. The van der Waals surface area contributed by atoms with Crippen LogP contribution in [-0.4, -0.2) is 23.3 Å². The minimum absolute atomic E-state index is 0. The molecule has 3 rings (SSSR count). The molecule has 1 aliphatic heterocycles. The monoisotopic (exact) mass is 381 g/mol. The Labute approximate surface area is 165 Å². The van der Waals surface area contributed by atoms with Crippen LogP contribution >= 0.6 is 0 Å². The van der Waals surface area contributed by atoms with Crippen molar-refractivity contribution in [2.24, 2.45) is 5.73 Å². The van der Waals surface area contributed by atoms with Crippen molar-refractivity contribution in [1.29, 1.82) is 0 Å². The van der Waals surface area contributed by atoms with Gasteiger partial charge in [-0.2, -0.15) is 0 Å². The molecule has 2 amide bonds. The molecule has 0 bridgehead atoms. The molecule has 0 atom stereocenters. The Kier molecular flexibility index (Phi) is 6.41. The maximum Gasteiger partial charge on any atom is 0.255 e. The first-order chi connectivity index (χ1) is 12.9. The molecule has 7 heteroatoms. The van der Waals surface area contributed by atoms with Crippen molar-refractivity contribution in [3.63, 3.8) is 0 Å². The summed E-state index contributed by atoms with van der Waals surface area (Å²) < 4.78 is 0. The second-order valence-corrected chi connectivity index (χ2v) is 6.62. The molecule has 1 fully saturated rings.